The van der Waals surface area contributed by atoms with E-state index in [9.17, 15) is 4.79 Å². The maximum absolute atomic E-state index is 11.3. The molecule has 13 heavy (non-hydrogen) atoms. The van der Waals surface area contributed by atoms with Crippen molar-refractivity contribution in [2.75, 3.05) is 0 Å². The van der Waals surface area contributed by atoms with Gasteiger partial charge in [-0.25, -0.2) is 0 Å². The molecule has 0 N–H and O–H groups in total. The van der Waals surface area contributed by atoms with Gasteiger partial charge in [0.15, 0.2) is 0 Å². The van der Waals surface area contributed by atoms with Gasteiger partial charge < -0.3 is 4.74 Å². The Labute approximate surface area is 79.0 Å². The zero-order valence-electron chi connectivity index (χ0n) is 8.19. The van der Waals surface area contributed by atoms with E-state index in [0.717, 1.165) is 6.42 Å². The van der Waals surface area contributed by atoms with Crippen LogP contribution >= 0.6 is 0 Å². The topological polar surface area (TPSA) is 26.3 Å². The molecule has 0 amide bonds. The number of carbonyl (C=O) groups excluding carboxylic acids is 1. The molecule has 0 aromatic heterocycles. The van der Waals surface area contributed by atoms with Crippen molar-refractivity contribution in [3.8, 4) is 0 Å². The smallest absolute Gasteiger partial charge is 0.309 e. The van der Waals surface area contributed by atoms with Crippen molar-refractivity contribution in [2.45, 2.75) is 32.8 Å². The van der Waals surface area contributed by atoms with Gasteiger partial charge in [-0.2, -0.15) is 0 Å². The number of hydrogen-bond acceptors (Lipinski definition) is 2. The average Bonchev–Trinajstić information content (AvgIpc) is 2.28. The molecule has 0 spiro atoms. The standard InChI is InChI=1S/C11H16O2/c1-7-3-5-9-8(2)11(12)13-10(9)6-4-7/h4,6-10H,3,5H2,1-2H3/t7-,8-,9-,10-/m0/s1. The number of fused-ring (bicyclic) bond motifs is 1. The Hall–Kier alpha value is -0.790. The van der Waals surface area contributed by atoms with E-state index in [0.29, 0.717) is 11.8 Å². The lowest BCUT2D eigenvalue weighted by Crippen LogP contribution is -2.16. The molecule has 1 heterocycles. The lowest BCUT2D eigenvalue weighted by molar-refractivity contribution is -0.142. The fourth-order valence-electron chi connectivity index (χ4n) is 2.24. The monoisotopic (exact) mass is 180 g/mol. The van der Waals surface area contributed by atoms with E-state index in [1.165, 1.54) is 6.42 Å². The van der Waals surface area contributed by atoms with Crippen LogP contribution in [0.3, 0.4) is 0 Å². The van der Waals surface area contributed by atoms with Crippen molar-refractivity contribution >= 4 is 5.97 Å². The fourth-order valence-corrected chi connectivity index (χ4v) is 2.24. The quantitative estimate of drug-likeness (QED) is 0.422. The summed E-state index contributed by atoms with van der Waals surface area (Å²) in [5.41, 5.74) is 0. The van der Waals surface area contributed by atoms with Crippen LogP contribution in [-0.2, 0) is 9.53 Å². The predicted molar refractivity (Wildman–Crippen MR) is 50.1 cm³/mol. The van der Waals surface area contributed by atoms with Crippen molar-refractivity contribution in [2.24, 2.45) is 17.8 Å². The van der Waals surface area contributed by atoms with Gasteiger partial charge in [0.1, 0.15) is 6.10 Å². The molecule has 72 valence electrons. The number of rotatable bonds is 0. The van der Waals surface area contributed by atoms with Crippen LogP contribution in [0.1, 0.15) is 26.7 Å². The summed E-state index contributed by atoms with van der Waals surface area (Å²) in [4.78, 5) is 11.3. The van der Waals surface area contributed by atoms with E-state index < -0.39 is 0 Å². The normalized spacial score (nSPS) is 44.0. The van der Waals surface area contributed by atoms with Gasteiger partial charge in [-0.3, -0.25) is 4.79 Å². The van der Waals surface area contributed by atoms with Crippen molar-refractivity contribution < 1.29 is 9.53 Å². The van der Waals surface area contributed by atoms with Crippen LogP contribution in [0.2, 0.25) is 0 Å². The first-order valence-corrected chi connectivity index (χ1v) is 5.07. The highest BCUT2D eigenvalue weighted by atomic mass is 16.6. The number of esters is 1. The van der Waals surface area contributed by atoms with Gasteiger partial charge in [-0.05, 0) is 24.8 Å². The second kappa shape index (κ2) is 3.17. The predicted octanol–water partition coefficient (Wildman–Crippen LogP) is 2.15. The summed E-state index contributed by atoms with van der Waals surface area (Å²) in [6, 6.07) is 0. The summed E-state index contributed by atoms with van der Waals surface area (Å²) in [6.45, 7) is 4.20. The molecular formula is C11H16O2. The molecule has 2 nitrogen and oxygen atoms in total. The first-order chi connectivity index (χ1) is 6.18. The second-order valence-corrected chi connectivity index (χ2v) is 4.29. The van der Waals surface area contributed by atoms with Crippen molar-refractivity contribution in [3.63, 3.8) is 0 Å². The van der Waals surface area contributed by atoms with E-state index in [2.05, 4.69) is 19.1 Å². The summed E-state index contributed by atoms with van der Waals surface area (Å²) in [5.74, 6) is 1.14. The first kappa shape index (κ1) is 8.79. The third-order valence-electron chi connectivity index (χ3n) is 3.27. The molecule has 2 heteroatoms. The van der Waals surface area contributed by atoms with Crippen molar-refractivity contribution in [1.29, 1.82) is 0 Å². The molecule has 1 fully saturated rings. The SMILES string of the molecule is C[C@@H]1C=C[C@@H]2OC(=O)[C@@H](C)[C@@H]2CC1. The van der Waals surface area contributed by atoms with Crippen LogP contribution in [0, 0.1) is 17.8 Å². The first-order valence-electron chi connectivity index (χ1n) is 5.07. The molecule has 0 saturated carbocycles. The maximum Gasteiger partial charge on any atom is 0.309 e. The molecule has 0 bridgehead atoms. The Bertz CT molecular complexity index is 244. The molecule has 4 atom stereocenters. The molecule has 2 rings (SSSR count). The van der Waals surface area contributed by atoms with Gasteiger partial charge in [0, 0.05) is 5.92 Å². The Balaban J connectivity index is 2.16. The molecule has 1 aliphatic carbocycles. The summed E-state index contributed by atoms with van der Waals surface area (Å²) in [7, 11) is 0. The Morgan fingerprint density at radius 2 is 2.08 bits per heavy atom. The Morgan fingerprint density at radius 3 is 2.85 bits per heavy atom. The van der Waals surface area contributed by atoms with Gasteiger partial charge >= 0.3 is 5.97 Å². The molecule has 0 unspecified atom stereocenters. The maximum atomic E-state index is 11.3. The average molecular weight is 180 g/mol. The number of ether oxygens (including phenoxy) is 1. The van der Waals surface area contributed by atoms with Crippen LogP contribution in [0.15, 0.2) is 12.2 Å². The second-order valence-electron chi connectivity index (χ2n) is 4.29. The molecular weight excluding hydrogens is 164 g/mol. The summed E-state index contributed by atoms with van der Waals surface area (Å²) >= 11 is 0. The number of allylic oxidation sites excluding steroid dienone is 1. The van der Waals surface area contributed by atoms with E-state index in [4.69, 9.17) is 4.74 Å². The van der Waals surface area contributed by atoms with E-state index in [1.54, 1.807) is 0 Å². The van der Waals surface area contributed by atoms with Crippen LogP contribution in [0.25, 0.3) is 0 Å². The van der Waals surface area contributed by atoms with E-state index >= 15 is 0 Å². The van der Waals surface area contributed by atoms with Gasteiger partial charge in [0.25, 0.3) is 0 Å². The minimum Gasteiger partial charge on any atom is -0.458 e. The van der Waals surface area contributed by atoms with Crippen molar-refractivity contribution in [3.05, 3.63) is 12.2 Å². The molecule has 0 aromatic rings. The minimum atomic E-state index is -0.0193. The summed E-state index contributed by atoms with van der Waals surface area (Å²) in [6.07, 6.45) is 6.61. The van der Waals surface area contributed by atoms with E-state index in [1.807, 2.05) is 6.92 Å². The van der Waals surface area contributed by atoms with Crippen LogP contribution < -0.4 is 0 Å². The lowest BCUT2D eigenvalue weighted by atomic mass is 9.88. The van der Waals surface area contributed by atoms with Gasteiger partial charge in [-0.1, -0.05) is 19.9 Å². The van der Waals surface area contributed by atoms with E-state index in [-0.39, 0.29) is 18.0 Å². The molecule has 0 aromatic carbocycles. The number of carbonyl (C=O) groups is 1. The third-order valence-corrected chi connectivity index (χ3v) is 3.27. The summed E-state index contributed by atoms with van der Waals surface area (Å²) in [5, 5.41) is 0. The molecule has 1 saturated heterocycles. The zero-order valence-corrected chi connectivity index (χ0v) is 8.19. The highest BCUT2D eigenvalue weighted by molar-refractivity contribution is 5.75. The Kier molecular flexibility index (Phi) is 2.14. The molecule has 0 radical (unpaired) electrons. The van der Waals surface area contributed by atoms with Gasteiger partial charge in [0.2, 0.25) is 0 Å². The fraction of sp³-hybridized carbons (Fsp3) is 0.727. The molecule has 2 aliphatic rings. The zero-order chi connectivity index (χ0) is 9.42. The highest BCUT2D eigenvalue weighted by Gasteiger charge is 2.40. The molecule has 1 aliphatic heterocycles. The minimum absolute atomic E-state index is 0.0193. The third kappa shape index (κ3) is 1.50. The van der Waals surface area contributed by atoms with Crippen LogP contribution in [0.5, 0.6) is 0 Å². The van der Waals surface area contributed by atoms with Gasteiger partial charge in [0.05, 0.1) is 5.92 Å². The number of hydrogen-bond donors (Lipinski definition) is 0. The van der Waals surface area contributed by atoms with Crippen LogP contribution in [0.4, 0.5) is 0 Å². The Morgan fingerprint density at radius 1 is 1.31 bits per heavy atom. The highest BCUT2D eigenvalue weighted by Crippen LogP contribution is 2.35. The lowest BCUT2D eigenvalue weighted by Gasteiger charge is -2.13. The summed E-state index contributed by atoms with van der Waals surface area (Å²) < 4.78 is 5.28. The van der Waals surface area contributed by atoms with Crippen LogP contribution in [-0.4, -0.2) is 12.1 Å². The largest absolute Gasteiger partial charge is 0.458 e. The van der Waals surface area contributed by atoms with Gasteiger partial charge in [-0.15, -0.1) is 0 Å². The van der Waals surface area contributed by atoms with Crippen molar-refractivity contribution in [1.82, 2.24) is 0 Å².